The van der Waals surface area contributed by atoms with Gasteiger partial charge in [-0.1, -0.05) is 12.1 Å². The molecule has 0 aliphatic heterocycles. The second-order valence-corrected chi connectivity index (χ2v) is 11.4. The van der Waals surface area contributed by atoms with E-state index >= 15 is 0 Å². The first-order valence-electron chi connectivity index (χ1n) is 11.6. The number of hydrogen-bond donors (Lipinski definition) is 2. The van der Waals surface area contributed by atoms with Crippen molar-refractivity contribution in [1.82, 2.24) is 14.9 Å². The van der Waals surface area contributed by atoms with E-state index in [4.69, 9.17) is 15.1 Å². The number of benzene rings is 1. The molecule has 36 heavy (non-hydrogen) atoms. The summed E-state index contributed by atoms with van der Waals surface area (Å²) in [5.41, 5.74) is 2.11. The van der Waals surface area contributed by atoms with Gasteiger partial charge in [-0.05, 0) is 60.9 Å². The first-order chi connectivity index (χ1) is 17.1. The molecule has 3 N–H and O–H groups in total. The lowest BCUT2D eigenvalue weighted by atomic mass is 10.0. The molecule has 2 fully saturated rings. The molecule has 11 heteroatoms. The van der Waals surface area contributed by atoms with Crippen LogP contribution in [0.15, 0.2) is 41.3 Å². The average molecular weight is 508 g/mol. The summed E-state index contributed by atoms with van der Waals surface area (Å²) in [6.45, 7) is 0.0410. The van der Waals surface area contributed by atoms with Gasteiger partial charge in [-0.3, -0.25) is 9.59 Å². The van der Waals surface area contributed by atoms with Crippen molar-refractivity contribution in [3.8, 4) is 11.9 Å². The highest BCUT2D eigenvalue weighted by Crippen LogP contribution is 2.45. The Hall–Kier alpha value is -3.75. The molecular formula is C25H25N5O5S. The van der Waals surface area contributed by atoms with Gasteiger partial charge >= 0.3 is 0 Å². The summed E-state index contributed by atoms with van der Waals surface area (Å²) >= 11 is 0. The summed E-state index contributed by atoms with van der Waals surface area (Å²) in [6.07, 6.45) is 4.46. The third-order valence-corrected chi connectivity index (χ3v) is 8.66. The quantitative estimate of drug-likeness (QED) is 0.471. The molecule has 10 nitrogen and oxygen atoms in total. The number of amides is 1. The maximum Gasteiger partial charge on any atom is 0.263 e. The van der Waals surface area contributed by atoms with Crippen LogP contribution in [0, 0.1) is 11.3 Å². The van der Waals surface area contributed by atoms with E-state index in [2.05, 4.69) is 10.3 Å². The molecule has 186 valence electrons. The fourth-order valence-electron chi connectivity index (χ4n) is 4.29. The lowest BCUT2D eigenvalue weighted by Crippen LogP contribution is -2.36. The smallest absolute Gasteiger partial charge is 0.263 e. The molecule has 1 aromatic carbocycles. The fourth-order valence-corrected chi connectivity index (χ4v) is 5.18. The van der Waals surface area contributed by atoms with Gasteiger partial charge in [0.2, 0.25) is 15.9 Å². The zero-order chi connectivity index (χ0) is 25.7. The van der Waals surface area contributed by atoms with E-state index in [-0.39, 0.29) is 30.5 Å². The minimum atomic E-state index is -3.79. The molecule has 0 radical (unpaired) electrons. The fraction of sp³-hybridized carbons (Fsp3) is 0.360. The lowest BCUT2D eigenvalue weighted by molar-refractivity contribution is 0.0949. The number of hydrogen-bond acceptors (Lipinski definition) is 7. The summed E-state index contributed by atoms with van der Waals surface area (Å²) in [7, 11) is -2.24. The first-order valence-corrected chi connectivity index (χ1v) is 13.1. The average Bonchev–Trinajstić information content (AvgIpc) is 3.77. The van der Waals surface area contributed by atoms with Crippen molar-refractivity contribution in [2.24, 2.45) is 12.2 Å². The number of carbonyl (C=O) groups is 1. The molecule has 2 aliphatic rings. The number of primary sulfonamides is 1. The van der Waals surface area contributed by atoms with Crippen LogP contribution in [0.3, 0.4) is 0 Å². The summed E-state index contributed by atoms with van der Waals surface area (Å²) in [6, 6.07) is 10.4. The van der Waals surface area contributed by atoms with Gasteiger partial charge in [0, 0.05) is 25.2 Å². The number of nitrogens with zero attached hydrogens (tertiary/aromatic N) is 3. The maximum absolute atomic E-state index is 13.2. The highest BCUT2D eigenvalue weighted by molar-refractivity contribution is 7.90. The largest absolute Gasteiger partial charge is 0.474 e. The third-order valence-electron chi connectivity index (χ3n) is 6.93. The monoisotopic (exact) mass is 507 g/mol. The predicted molar refractivity (Wildman–Crippen MR) is 132 cm³/mol. The Kier molecular flexibility index (Phi) is 5.81. The van der Waals surface area contributed by atoms with E-state index in [0.717, 1.165) is 24.0 Å². The van der Waals surface area contributed by atoms with E-state index < -0.39 is 26.2 Å². The molecular weight excluding hydrogens is 482 g/mol. The normalized spacial score (nSPS) is 16.4. The number of fused-ring (bicyclic) bond motifs is 1. The first kappa shape index (κ1) is 24.0. The second-order valence-electron chi connectivity index (χ2n) is 9.49. The molecule has 0 atom stereocenters. The number of pyridine rings is 2. The Morgan fingerprint density at radius 2 is 2.00 bits per heavy atom. The Labute approximate surface area is 207 Å². The van der Waals surface area contributed by atoms with Gasteiger partial charge in [-0.15, -0.1) is 0 Å². The summed E-state index contributed by atoms with van der Waals surface area (Å²) in [5.74, 6) is -0.109. The van der Waals surface area contributed by atoms with Crippen molar-refractivity contribution in [2.75, 3.05) is 6.61 Å². The number of nitriles is 1. The van der Waals surface area contributed by atoms with E-state index in [9.17, 15) is 18.0 Å². The maximum atomic E-state index is 13.2. The van der Waals surface area contributed by atoms with Crippen LogP contribution in [0.5, 0.6) is 5.88 Å². The van der Waals surface area contributed by atoms with Crippen molar-refractivity contribution in [3.63, 3.8) is 0 Å². The van der Waals surface area contributed by atoms with Gasteiger partial charge in [-0.25, -0.2) is 18.5 Å². The van der Waals surface area contributed by atoms with E-state index in [1.165, 1.54) is 4.57 Å². The van der Waals surface area contributed by atoms with Crippen molar-refractivity contribution in [2.45, 2.75) is 42.9 Å². The summed E-state index contributed by atoms with van der Waals surface area (Å²) < 4.78 is 29.9. The molecule has 0 bridgehead atoms. The van der Waals surface area contributed by atoms with Gasteiger partial charge in [0.25, 0.3) is 11.5 Å². The molecule has 0 saturated heterocycles. The number of aryl methyl sites for hydroxylation is 1. The number of ether oxygens (including phenoxy) is 1. The number of nitrogens with one attached hydrogen (secondary N) is 1. The Bertz CT molecular complexity index is 1580. The van der Waals surface area contributed by atoms with Gasteiger partial charge < -0.3 is 14.6 Å². The summed E-state index contributed by atoms with van der Waals surface area (Å²) in [5, 5.41) is 17.8. The molecule has 2 heterocycles. The van der Waals surface area contributed by atoms with E-state index in [0.29, 0.717) is 29.3 Å². The SMILES string of the molecule is Cn1c(=O)c(C(=O)NCc2ccc(C#N)cc2)cc2c(C3CC3)cnc(OCC3(S(N)(=O)=O)CC3)c21. The predicted octanol–water partition coefficient (Wildman–Crippen LogP) is 1.81. The minimum absolute atomic E-state index is 0.0131. The van der Waals surface area contributed by atoms with Crippen LogP contribution in [-0.2, 0) is 23.6 Å². The van der Waals surface area contributed by atoms with Crippen molar-refractivity contribution in [3.05, 3.63) is 69.1 Å². The third kappa shape index (κ3) is 4.34. The van der Waals surface area contributed by atoms with Crippen LogP contribution in [-0.4, -0.2) is 35.2 Å². The van der Waals surface area contributed by atoms with Crippen LogP contribution in [0.4, 0.5) is 0 Å². The van der Waals surface area contributed by atoms with E-state index in [1.807, 2.05) is 6.07 Å². The van der Waals surface area contributed by atoms with Gasteiger partial charge in [0.05, 0.1) is 11.6 Å². The number of carbonyl (C=O) groups excluding carboxylic acids is 1. The Morgan fingerprint density at radius 1 is 1.31 bits per heavy atom. The van der Waals surface area contributed by atoms with Crippen LogP contribution in [0.2, 0.25) is 0 Å². The molecule has 3 aromatic rings. The number of aromatic nitrogens is 2. The standard InChI is InChI=1S/C25H25N5O5S/c1-30-21-18(10-19(24(30)32)22(31)28-12-16-4-2-15(11-26)3-5-16)20(17-6-7-17)13-29-23(21)35-14-25(8-9-25)36(27,33)34/h2-5,10,13,17H,6-9,12,14H2,1H3,(H,28,31)(H2,27,33,34). The van der Waals surface area contributed by atoms with Crippen LogP contribution in [0.25, 0.3) is 10.9 Å². The van der Waals surface area contributed by atoms with Gasteiger partial charge in [-0.2, -0.15) is 5.26 Å². The van der Waals surface area contributed by atoms with Gasteiger partial charge in [0.15, 0.2) is 0 Å². The lowest BCUT2D eigenvalue weighted by Gasteiger charge is -2.18. The molecule has 0 unspecified atom stereocenters. The second kappa shape index (κ2) is 8.72. The van der Waals surface area contributed by atoms with Crippen molar-refractivity contribution in [1.29, 1.82) is 5.26 Å². The number of nitrogens with two attached hydrogens (primary N) is 1. The van der Waals surface area contributed by atoms with Gasteiger partial charge in [0.1, 0.15) is 22.4 Å². The molecule has 2 saturated carbocycles. The summed E-state index contributed by atoms with van der Waals surface area (Å²) in [4.78, 5) is 30.6. The van der Waals surface area contributed by atoms with Crippen LogP contribution >= 0.6 is 0 Å². The zero-order valence-electron chi connectivity index (χ0n) is 19.7. The molecule has 0 spiro atoms. The highest BCUT2D eigenvalue weighted by Gasteiger charge is 2.54. The van der Waals surface area contributed by atoms with Crippen molar-refractivity contribution >= 4 is 26.8 Å². The topological polar surface area (TPSA) is 157 Å². The van der Waals surface area contributed by atoms with E-state index in [1.54, 1.807) is 43.6 Å². The number of sulfonamides is 1. The molecule has 5 rings (SSSR count). The van der Waals surface area contributed by atoms with Crippen LogP contribution in [0.1, 0.15) is 58.6 Å². The highest BCUT2D eigenvalue weighted by atomic mass is 32.2. The molecule has 2 aromatic heterocycles. The number of rotatable bonds is 8. The van der Waals surface area contributed by atoms with Crippen molar-refractivity contribution < 1.29 is 17.9 Å². The minimum Gasteiger partial charge on any atom is -0.474 e. The molecule has 2 aliphatic carbocycles. The Balaban J connectivity index is 1.48. The molecule has 1 amide bonds. The zero-order valence-corrected chi connectivity index (χ0v) is 20.5. The Morgan fingerprint density at radius 3 is 2.58 bits per heavy atom. The van der Waals surface area contributed by atoms with Crippen LogP contribution < -0.4 is 20.8 Å².